The van der Waals surface area contributed by atoms with E-state index in [1.807, 2.05) is 0 Å². The number of nitrogens with zero attached hydrogens (tertiary/aromatic N) is 3. The number of halogens is 1. The normalized spacial score (nSPS) is 17.7. The van der Waals surface area contributed by atoms with E-state index in [9.17, 15) is 24.8 Å². The van der Waals surface area contributed by atoms with E-state index in [-0.39, 0.29) is 17.0 Å². The summed E-state index contributed by atoms with van der Waals surface area (Å²) in [7, 11) is 0. The predicted molar refractivity (Wildman–Crippen MR) is 114 cm³/mol. The van der Waals surface area contributed by atoms with Crippen LogP contribution in [0.3, 0.4) is 0 Å². The molecular weight excluding hydrogens is 422 g/mol. The molecule has 31 heavy (non-hydrogen) atoms. The van der Waals surface area contributed by atoms with Gasteiger partial charge < -0.3 is 5.11 Å². The van der Waals surface area contributed by atoms with E-state index < -0.39 is 22.7 Å². The highest BCUT2D eigenvalue weighted by atomic mass is 35.5. The molecule has 1 atom stereocenters. The van der Waals surface area contributed by atoms with Crippen molar-refractivity contribution in [3.63, 3.8) is 0 Å². The second-order valence-corrected chi connectivity index (χ2v) is 7.17. The summed E-state index contributed by atoms with van der Waals surface area (Å²) >= 11 is 5.91. The molecule has 1 aliphatic rings. The maximum Gasteiger partial charge on any atom is 0.300 e. The van der Waals surface area contributed by atoms with Crippen LogP contribution < -0.4 is 4.90 Å². The summed E-state index contributed by atoms with van der Waals surface area (Å²) < 4.78 is 0. The molecule has 0 radical (unpaired) electrons. The van der Waals surface area contributed by atoms with Crippen molar-refractivity contribution in [3.8, 4) is 0 Å². The van der Waals surface area contributed by atoms with E-state index in [0.717, 1.165) is 0 Å². The highest BCUT2D eigenvalue weighted by Gasteiger charge is 2.47. The Balaban J connectivity index is 1.92. The van der Waals surface area contributed by atoms with Crippen LogP contribution in [0, 0.1) is 10.1 Å². The van der Waals surface area contributed by atoms with E-state index in [2.05, 4.69) is 4.98 Å². The lowest BCUT2D eigenvalue weighted by Gasteiger charge is -2.25. The quantitative estimate of drug-likeness (QED) is 0.215. The number of pyridine rings is 1. The van der Waals surface area contributed by atoms with Crippen molar-refractivity contribution in [2.75, 3.05) is 4.90 Å². The second kappa shape index (κ2) is 8.00. The third-order valence-electron chi connectivity index (χ3n) is 4.91. The molecule has 0 aliphatic carbocycles. The number of amides is 1. The van der Waals surface area contributed by atoms with Crippen molar-refractivity contribution in [3.05, 3.63) is 105 Å². The molecule has 3 aromatic rings. The Bertz CT molecular complexity index is 1210. The molecule has 2 aromatic carbocycles. The third-order valence-corrected chi connectivity index (χ3v) is 5.16. The van der Waals surface area contributed by atoms with Crippen LogP contribution in [0.1, 0.15) is 17.2 Å². The zero-order valence-electron chi connectivity index (χ0n) is 15.8. The number of ketones is 1. The van der Waals surface area contributed by atoms with Gasteiger partial charge >= 0.3 is 0 Å². The van der Waals surface area contributed by atoms with Gasteiger partial charge in [-0.15, -0.1) is 0 Å². The second-order valence-electron chi connectivity index (χ2n) is 6.74. The molecule has 0 bridgehead atoms. The first-order chi connectivity index (χ1) is 14.9. The van der Waals surface area contributed by atoms with Gasteiger partial charge in [-0.05, 0) is 54.1 Å². The number of non-ortho nitro benzene ring substituents is 1. The van der Waals surface area contributed by atoms with Gasteiger partial charge in [-0.25, -0.2) is 0 Å². The summed E-state index contributed by atoms with van der Waals surface area (Å²) in [6.07, 6.45) is 2.94. The Morgan fingerprint density at radius 3 is 2.32 bits per heavy atom. The Hall–Kier alpha value is -4.04. The van der Waals surface area contributed by atoms with Gasteiger partial charge in [0.25, 0.3) is 17.4 Å². The fraction of sp³-hybridized carbons (Fsp3) is 0.0455. The van der Waals surface area contributed by atoms with E-state index in [1.165, 1.54) is 53.7 Å². The summed E-state index contributed by atoms with van der Waals surface area (Å²) in [6.45, 7) is 0. The van der Waals surface area contributed by atoms with Crippen molar-refractivity contribution in [2.24, 2.45) is 0 Å². The van der Waals surface area contributed by atoms with Crippen molar-refractivity contribution in [2.45, 2.75) is 6.04 Å². The van der Waals surface area contributed by atoms with Crippen LogP contribution in [-0.4, -0.2) is 26.7 Å². The van der Waals surface area contributed by atoms with Crippen molar-refractivity contribution in [1.82, 2.24) is 4.98 Å². The molecule has 1 N–H and O–H groups in total. The number of nitro benzene ring substituents is 1. The SMILES string of the molecule is O=C1C(=O)N(c2cccnc2)[C@@H](c2ccc([N+](=O)[O-])cc2)C1=C(O)c1ccc(Cl)cc1. The number of rotatable bonds is 4. The van der Waals surface area contributed by atoms with Crippen LogP contribution >= 0.6 is 11.6 Å². The van der Waals surface area contributed by atoms with Crippen molar-refractivity contribution in [1.29, 1.82) is 0 Å². The molecule has 0 unspecified atom stereocenters. The Kier molecular flexibility index (Phi) is 5.22. The highest BCUT2D eigenvalue weighted by molar-refractivity contribution is 6.51. The molecular formula is C22H14ClN3O5. The largest absolute Gasteiger partial charge is 0.507 e. The minimum Gasteiger partial charge on any atom is -0.507 e. The minimum atomic E-state index is -0.999. The van der Waals surface area contributed by atoms with Crippen LogP contribution in [0.2, 0.25) is 5.02 Å². The van der Waals surface area contributed by atoms with Gasteiger partial charge in [-0.2, -0.15) is 0 Å². The first kappa shape index (κ1) is 20.2. The lowest BCUT2D eigenvalue weighted by atomic mass is 9.95. The number of aromatic nitrogens is 1. The van der Waals surface area contributed by atoms with Crippen LogP contribution in [0.15, 0.2) is 78.6 Å². The number of aliphatic hydroxyl groups is 1. The number of benzene rings is 2. The number of anilines is 1. The monoisotopic (exact) mass is 435 g/mol. The first-order valence-corrected chi connectivity index (χ1v) is 9.47. The zero-order chi connectivity index (χ0) is 22.1. The van der Waals surface area contributed by atoms with E-state index in [1.54, 1.807) is 24.3 Å². The number of carbonyl (C=O) groups is 2. The summed E-state index contributed by atoms with van der Waals surface area (Å²) in [4.78, 5) is 41.6. The third kappa shape index (κ3) is 3.64. The molecule has 1 fully saturated rings. The van der Waals surface area contributed by atoms with Gasteiger partial charge in [0.2, 0.25) is 0 Å². The number of nitro groups is 1. The molecule has 0 saturated carbocycles. The van der Waals surface area contributed by atoms with Gasteiger partial charge in [0, 0.05) is 28.9 Å². The maximum absolute atomic E-state index is 13.0. The Labute approximate surface area is 181 Å². The summed E-state index contributed by atoms with van der Waals surface area (Å²) in [5.74, 6) is -2.09. The number of Topliss-reactive ketones (excluding diaryl/α,β-unsaturated/α-hetero) is 1. The molecule has 4 rings (SSSR count). The zero-order valence-corrected chi connectivity index (χ0v) is 16.6. The molecule has 1 aromatic heterocycles. The molecule has 9 heteroatoms. The lowest BCUT2D eigenvalue weighted by molar-refractivity contribution is -0.384. The van der Waals surface area contributed by atoms with E-state index in [0.29, 0.717) is 21.8 Å². The van der Waals surface area contributed by atoms with E-state index >= 15 is 0 Å². The lowest BCUT2D eigenvalue weighted by Crippen LogP contribution is -2.29. The van der Waals surface area contributed by atoms with Crippen molar-refractivity contribution >= 4 is 40.4 Å². The fourth-order valence-corrected chi connectivity index (χ4v) is 3.58. The van der Waals surface area contributed by atoms with Crippen molar-refractivity contribution < 1.29 is 19.6 Å². The number of aliphatic hydroxyl groups excluding tert-OH is 1. The molecule has 1 amide bonds. The standard InChI is InChI=1S/C22H14ClN3O5/c23-15-7-3-14(4-8-15)20(27)18-19(13-5-9-16(10-6-13)26(30)31)25(22(29)21(18)28)17-2-1-11-24-12-17/h1-12,19,27H/t19-/m0/s1. The van der Waals surface area contributed by atoms with Crippen LogP contribution in [-0.2, 0) is 9.59 Å². The molecule has 154 valence electrons. The topological polar surface area (TPSA) is 114 Å². The minimum absolute atomic E-state index is 0.134. The molecule has 1 saturated heterocycles. The average molecular weight is 436 g/mol. The molecule has 8 nitrogen and oxygen atoms in total. The van der Waals surface area contributed by atoms with Gasteiger partial charge in [0.15, 0.2) is 0 Å². The van der Waals surface area contributed by atoms with E-state index in [4.69, 9.17) is 11.6 Å². The summed E-state index contributed by atoms with van der Waals surface area (Å²) in [5, 5.41) is 22.4. The average Bonchev–Trinajstić information content (AvgIpc) is 3.05. The fourth-order valence-electron chi connectivity index (χ4n) is 3.45. The first-order valence-electron chi connectivity index (χ1n) is 9.10. The van der Waals surface area contributed by atoms with Gasteiger partial charge in [-0.1, -0.05) is 11.6 Å². The molecule has 2 heterocycles. The van der Waals surface area contributed by atoms with Crippen LogP contribution in [0.4, 0.5) is 11.4 Å². The maximum atomic E-state index is 13.0. The number of hydrogen-bond acceptors (Lipinski definition) is 6. The predicted octanol–water partition coefficient (Wildman–Crippen LogP) is 4.27. The number of hydrogen-bond donors (Lipinski definition) is 1. The van der Waals surface area contributed by atoms with Crippen LogP contribution in [0.25, 0.3) is 5.76 Å². The summed E-state index contributed by atoms with van der Waals surface area (Å²) in [6, 6.07) is 13.8. The van der Waals surface area contributed by atoms with Gasteiger partial charge in [0.1, 0.15) is 5.76 Å². The van der Waals surface area contributed by atoms with Crippen LogP contribution in [0.5, 0.6) is 0 Å². The van der Waals surface area contributed by atoms with Gasteiger partial charge in [0.05, 0.1) is 28.4 Å². The van der Waals surface area contributed by atoms with Gasteiger partial charge in [-0.3, -0.25) is 29.6 Å². The molecule has 0 spiro atoms. The molecule has 1 aliphatic heterocycles. The Morgan fingerprint density at radius 1 is 1.06 bits per heavy atom. The number of carbonyl (C=O) groups excluding carboxylic acids is 2. The Morgan fingerprint density at radius 2 is 1.74 bits per heavy atom. The highest BCUT2D eigenvalue weighted by Crippen LogP contribution is 2.42. The summed E-state index contributed by atoms with van der Waals surface area (Å²) in [5.41, 5.74) is 0.803. The smallest absolute Gasteiger partial charge is 0.300 e.